The molecule has 0 bridgehead atoms. The molecule has 0 saturated carbocycles. The Balaban J connectivity index is 1.96. The highest BCUT2D eigenvalue weighted by molar-refractivity contribution is 9.10. The number of carbonyl (C=O) groups is 1. The Morgan fingerprint density at radius 2 is 2.05 bits per heavy atom. The first-order valence-corrected chi connectivity index (χ1v) is 6.63. The minimum Gasteiger partial charge on any atom is -0.479 e. The molecule has 0 atom stereocenters. The van der Waals surface area contributed by atoms with E-state index < -0.39 is 11.6 Å². The molecule has 2 rings (SSSR count). The number of carbonyl (C=O) groups excluding carboxylic acids is 1. The van der Waals surface area contributed by atoms with Gasteiger partial charge in [0.1, 0.15) is 5.82 Å². The predicted molar refractivity (Wildman–Crippen MR) is 69.0 cm³/mol. The van der Waals surface area contributed by atoms with Crippen molar-refractivity contribution in [1.82, 2.24) is 10.2 Å². The minimum atomic E-state index is -0.833. The van der Waals surface area contributed by atoms with Crippen molar-refractivity contribution in [3.8, 4) is 5.75 Å². The van der Waals surface area contributed by atoms with Crippen LogP contribution in [0.2, 0.25) is 0 Å². The van der Waals surface area contributed by atoms with E-state index in [0.717, 1.165) is 25.2 Å². The summed E-state index contributed by atoms with van der Waals surface area (Å²) in [7, 11) is 0. The number of piperazine rings is 1. The van der Waals surface area contributed by atoms with E-state index in [1.54, 1.807) is 4.90 Å². The fourth-order valence-corrected chi connectivity index (χ4v) is 2.33. The molecule has 1 aliphatic rings. The van der Waals surface area contributed by atoms with Crippen LogP contribution in [-0.4, -0.2) is 43.6 Å². The topological polar surface area (TPSA) is 41.6 Å². The number of rotatable bonds is 3. The van der Waals surface area contributed by atoms with E-state index in [0.29, 0.717) is 13.1 Å². The van der Waals surface area contributed by atoms with Gasteiger partial charge in [-0.15, -0.1) is 0 Å². The quantitative estimate of drug-likeness (QED) is 0.911. The number of halogens is 3. The fraction of sp³-hybridized carbons (Fsp3) is 0.417. The van der Waals surface area contributed by atoms with E-state index in [2.05, 4.69) is 21.2 Å². The van der Waals surface area contributed by atoms with Crippen molar-refractivity contribution in [3.05, 3.63) is 28.2 Å². The predicted octanol–water partition coefficient (Wildman–Crippen LogP) is 1.54. The Labute approximate surface area is 117 Å². The summed E-state index contributed by atoms with van der Waals surface area (Å²) in [6.07, 6.45) is 0. The molecule has 1 N–H and O–H groups in total. The summed E-state index contributed by atoms with van der Waals surface area (Å²) in [5, 5.41) is 3.12. The molecule has 0 spiro atoms. The summed E-state index contributed by atoms with van der Waals surface area (Å²) in [6, 6.07) is 1.81. The number of benzene rings is 1. The molecule has 1 aromatic rings. The molecule has 0 radical (unpaired) electrons. The van der Waals surface area contributed by atoms with E-state index >= 15 is 0 Å². The van der Waals surface area contributed by atoms with Gasteiger partial charge in [-0.25, -0.2) is 8.78 Å². The van der Waals surface area contributed by atoms with Gasteiger partial charge in [-0.2, -0.15) is 0 Å². The third-order valence-corrected chi connectivity index (χ3v) is 3.36. The number of hydrogen-bond acceptors (Lipinski definition) is 3. The van der Waals surface area contributed by atoms with Gasteiger partial charge in [0.25, 0.3) is 5.91 Å². The third kappa shape index (κ3) is 3.63. The summed E-state index contributed by atoms with van der Waals surface area (Å²) in [4.78, 5) is 13.5. The maximum Gasteiger partial charge on any atom is 0.260 e. The summed E-state index contributed by atoms with van der Waals surface area (Å²) in [5.74, 6) is -1.90. The normalized spacial score (nSPS) is 15.4. The molecule has 104 valence electrons. The largest absolute Gasteiger partial charge is 0.479 e. The summed E-state index contributed by atoms with van der Waals surface area (Å²) >= 11 is 3.00. The lowest BCUT2D eigenvalue weighted by Gasteiger charge is -2.27. The van der Waals surface area contributed by atoms with Gasteiger partial charge in [0.2, 0.25) is 0 Å². The monoisotopic (exact) mass is 334 g/mol. The van der Waals surface area contributed by atoms with Crippen molar-refractivity contribution in [2.45, 2.75) is 0 Å². The van der Waals surface area contributed by atoms with Crippen molar-refractivity contribution in [2.24, 2.45) is 0 Å². The first-order chi connectivity index (χ1) is 9.08. The van der Waals surface area contributed by atoms with E-state index in [4.69, 9.17) is 4.74 Å². The molecule has 1 aliphatic heterocycles. The molecule has 0 unspecified atom stereocenters. The van der Waals surface area contributed by atoms with Gasteiger partial charge in [-0.1, -0.05) is 0 Å². The van der Waals surface area contributed by atoms with Crippen molar-refractivity contribution in [2.75, 3.05) is 32.8 Å². The molecule has 1 amide bonds. The lowest BCUT2D eigenvalue weighted by atomic mass is 10.3. The van der Waals surface area contributed by atoms with Crippen molar-refractivity contribution in [3.63, 3.8) is 0 Å². The van der Waals surface area contributed by atoms with E-state index in [1.807, 2.05) is 0 Å². The maximum absolute atomic E-state index is 13.5. The van der Waals surface area contributed by atoms with Crippen molar-refractivity contribution < 1.29 is 18.3 Å². The lowest BCUT2D eigenvalue weighted by molar-refractivity contribution is -0.133. The highest BCUT2D eigenvalue weighted by Gasteiger charge is 2.18. The van der Waals surface area contributed by atoms with Crippen molar-refractivity contribution >= 4 is 21.8 Å². The van der Waals surface area contributed by atoms with E-state index in [-0.39, 0.29) is 22.7 Å². The van der Waals surface area contributed by atoms with Crippen LogP contribution in [0.15, 0.2) is 16.6 Å². The first-order valence-electron chi connectivity index (χ1n) is 5.84. The lowest BCUT2D eigenvalue weighted by Crippen LogP contribution is -2.48. The molecule has 1 fully saturated rings. The van der Waals surface area contributed by atoms with Gasteiger partial charge >= 0.3 is 0 Å². The molecule has 1 heterocycles. The molecule has 1 aromatic carbocycles. The van der Waals surface area contributed by atoms with Crippen LogP contribution in [0.5, 0.6) is 5.75 Å². The zero-order chi connectivity index (χ0) is 13.8. The second-order valence-electron chi connectivity index (χ2n) is 4.12. The maximum atomic E-state index is 13.5. The zero-order valence-electron chi connectivity index (χ0n) is 10.1. The molecule has 0 aromatic heterocycles. The smallest absolute Gasteiger partial charge is 0.260 e. The Morgan fingerprint density at radius 1 is 1.37 bits per heavy atom. The van der Waals surface area contributed by atoms with E-state index in [9.17, 15) is 13.6 Å². The SMILES string of the molecule is O=C(COc1c(F)cc(F)cc1Br)N1CCNCC1. The number of nitrogens with one attached hydrogen (secondary N) is 1. The molecule has 4 nitrogen and oxygen atoms in total. The highest BCUT2D eigenvalue weighted by Crippen LogP contribution is 2.29. The van der Waals surface area contributed by atoms with Gasteiger partial charge in [-0.05, 0) is 22.0 Å². The zero-order valence-corrected chi connectivity index (χ0v) is 11.7. The van der Waals surface area contributed by atoms with Gasteiger partial charge in [0, 0.05) is 32.2 Å². The Morgan fingerprint density at radius 3 is 2.68 bits per heavy atom. The summed E-state index contributed by atoms with van der Waals surface area (Å²) < 4.78 is 31.7. The van der Waals surface area contributed by atoms with E-state index in [1.165, 1.54) is 0 Å². The second-order valence-corrected chi connectivity index (χ2v) is 4.97. The minimum absolute atomic E-state index is 0.148. The Kier molecular flexibility index (Phi) is 4.71. The van der Waals surface area contributed by atoms with Crippen molar-refractivity contribution in [1.29, 1.82) is 0 Å². The Bertz CT molecular complexity index is 456. The van der Waals surface area contributed by atoms with Crippen LogP contribution in [0.3, 0.4) is 0 Å². The molecular formula is C12H13BrF2N2O2. The van der Waals surface area contributed by atoms with Crippen LogP contribution in [-0.2, 0) is 4.79 Å². The highest BCUT2D eigenvalue weighted by atomic mass is 79.9. The van der Waals surface area contributed by atoms with Gasteiger partial charge < -0.3 is 15.0 Å². The van der Waals surface area contributed by atoms with Crippen LogP contribution in [0.1, 0.15) is 0 Å². The van der Waals surface area contributed by atoms with Crippen LogP contribution < -0.4 is 10.1 Å². The number of ether oxygens (including phenoxy) is 1. The van der Waals surface area contributed by atoms with Crippen LogP contribution in [0, 0.1) is 11.6 Å². The number of hydrogen-bond donors (Lipinski definition) is 1. The molecule has 19 heavy (non-hydrogen) atoms. The molecule has 7 heteroatoms. The third-order valence-electron chi connectivity index (χ3n) is 2.77. The standard InChI is InChI=1S/C12H13BrF2N2O2/c13-9-5-8(14)6-10(15)12(9)19-7-11(18)17-3-1-16-2-4-17/h5-6,16H,1-4,7H2. The van der Waals surface area contributed by atoms with Crippen LogP contribution in [0.25, 0.3) is 0 Å². The summed E-state index contributed by atoms with van der Waals surface area (Å²) in [6.45, 7) is 2.42. The Hall–Kier alpha value is -1.21. The number of amides is 1. The second kappa shape index (κ2) is 6.29. The van der Waals surface area contributed by atoms with Gasteiger partial charge in [0.15, 0.2) is 18.2 Å². The average Bonchev–Trinajstić information content (AvgIpc) is 2.38. The van der Waals surface area contributed by atoms with Crippen LogP contribution >= 0.6 is 15.9 Å². The molecule has 0 aliphatic carbocycles. The molecular weight excluding hydrogens is 322 g/mol. The molecule has 1 saturated heterocycles. The van der Waals surface area contributed by atoms with Gasteiger partial charge in [-0.3, -0.25) is 4.79 Å². The van der Waals surface area contributed by atoms with Crippen LogP contribution in [0.4, 0.5) is 8.78 Å². The number of nitrogens with zero attached hydrogens (tertiary/aromatic N) is 1. The summed E-state index contributed by atoms with van der Waals surface area (Å²) in [5.41, 5.74) is 0. The average molecular weight is 335 g/mol. The first kappa shape index (κ1) is 14.2. The fourth-order valence-electron chi connectivity index (χ4n) is 1.81. The van der Waals surface area contributed by atoms with Gasteiger partial charge in [0.05, 0.1) is 4.47 Å².